The average molecular weight is 413 g/mol. The summed E-state index contributed by atoms with van der Waals surface area (Å²) < 4.78 is 54.8. The Morgan fingerprint density at radius 1 is 1.24 bits per heavy atom. The number of fused-ring (bicyclic) bond motifs is 1. The van der Waals surface area contributed by atoms with Crippen molar-refractivity contribution in [3.8, 4) is 5.75 Å². The smallest absolute Gasteiger partial charge is 0.428 e. The van der Waals surface area contributed by atoms with Crippen molar-refractivity contribution in [1.82, 2.24) is 0 Å². The molecular weight excluding hydrogens is 394 g/mol. The van der Waals surface area contributed by atoms with Gasteiger partial charge in [0.15, 0.2) is 0 Å². The molecule has 0 aliphatic carbocycles. The van der Waals surface area contributed by atoms with Crippen LogP contribution in [-0.4, -0.2) is 35.8 Å². The fourth-order valence-corrected chi connectivity index (χ4v) is 2.93. The summed E-state index contributed by atoms with van der Waals surface area (Å²) in [4.78, 5) is 12.7. The predicted octanol–water partition coefficient (Wildman–Crippen LogP) is 4.11. The Kier molecular flexibility index (Phi) is 5.83. The van der Waals surface area contributed by atoms with Crippen LogP contribution in [0.1, 0.15) is 23.7 Å². The molecule has 1 heterocycles. The molecule has 156 valence electrons. The largest absolute Gasteiger partial charge is 0.461 e. The molecule has 1 aliphatic rings. The van der Waals surface area contributed by atoms with Gasteiger partial charge in [0.2, 0.25) is 0 Å². The van der Waals surface area contributed by atoms with E-state index in [1.807, 2.05) is 6.92 Å². The Morgan fingerprint density at radius 3 is 2.69 bits per heavy atom. The Balaban J connectivity index is 1.82. The van der Waals surface area contributed by atoms with E-state index in [1.54, 1.807) is 18.2 Å². The number of alkyl halides is 4. The van der Waals surface area contributed by atoms with Crippen molar-refractivity contribution >= 4 is 23.0 Å². The first-order chi connectivity index (χ1) is 13.7. The lowest BCUT2D eigenvalue weighted by Gasteiger charge is -2.18. The van der Waals surface area contributed by atoms with Gasteiger partial charge in [-0.1, -0.05) is 12.1 Å². The van der Waals surface area contributed by atoms with E-state index in [4.69, 9.17) is 0 Å². The van der Waals surface area contributed by atoms with Crippen molar-refractivity contribution in [2.24, 2.45) is 0 Å². The van der Waals surface area contributed by atoms with Gasteiger partial charge in [-0.2, -0.15) is 17.6 Å². The molecular formula is C19H19F4N3O3. The van der Waals surface area contributed by atoms with Crippen molar-refractivity contribution in [2.45, 2.75) is 38.1 Å². The van der Waals surface area contributed by atoms with E-state index in [0.29, 0.717) is 17.8 Å². The number of hydrogen-bond donors (Lipinski definition) is 4. The van der Waals surface area contributed by atoms with E-state index in [2.05, 4.69) is 20.7 Å². The number of aliphatic hydroxyl groups excluding tert-OH is 1. The molecule has 1 amide bonds. The third-order valence-electron chi connectivity index (χ3n) is 4.20. The molecule has 1 aliphatic heterocycles. The van der Waals surface area contributed by atoms with Crippen molar-refractivity contribution in [1.29, 1.82) is 0 Å². The molecule has 4 N–H and O–H groups in total. The van der Waals surface area contributed by atoms with Gasteiger partial charge in [-0.15, -0.1) is 0 Å². The van der Waals surface area contributed by atoms with E-state index >= 15 is 0 Å². The van der Waals surface area contributed by atoms with E-state index < -0.39 is 30.4 Å². The maximum absolute atomic E-state index is 13.1. The molecule has 3 rings (SSSR count). The summed E-state index contributed by atoms with van der Waals surface area (Å²) in [7, 11) is 0. The van der Waals surface area contributed by atoms with Crippen LogP contribution in [0.4, 0.5) is 34.6 Å². The maximum atomic E-state index is 13.1. The highest BCUT2D eigenvalue weighted by Crippen LogP contribution is 2.32. The first-order valence-corrected chi connectivity index (χ1v) is 8.76. The summed E-state index contributed by atoms with van der Waals surface area (Å²) in [6.45, 7) is 1.85. The molecule has 0 spiro atoms. The SMILES string of the molecule is CC1CC(O)Nc2cccc(C(=O)Nc3cccc(OC(F)(F)C(F)F)c3)c2N1. The number of nitrogens with one attached hydrogen (secondary N) is 3. The van der Waals surface area contributed by atoms with Crippen LogP contribution in [0.3, 0.4) is 0 Å². The van der Waals surface area contributed by atoms with Gasteiger partial charge in [-0.05, 0) is 31.2 Å². The molecule has 2 aromatic rings. The molecule has 29 heavy (non-hydrogen) atoms. The number of halogens is 4. The number of hydrogen-bond acceptors (Lipinski definition) is 5. The number of para-hydroxylation sites is 1. The Labute approximate surface area is 163 Å². The van der Waals surface area contributed by atoms with Gasteiger partial charge in [-0.3, -0.25) is 4.79 Å². The minimum Gasteiger partial charge on any atom is -0.428 e. The zero-order chi connectivity index (χ0) is 21.2. The van der Waals surface area contributed by atoms with Crippen LogP contribution in [0.15, 0.2) is 42.5 Å². The summed E-state index contributed by atoms with van der Waals surface area (Å²) in [6, 6.07) is 9.54. The fraction of sp³-hybridized carbons (Fsp3) is 0.316. The quantitative estimate of drug-likeness (QED) is 0.555. The zero-order valence-electron chi connectivity index (χ0n) is 15.3. The van der Waals surface area contributed by atoms with Crippen molar-refractivity contribution in [2.75, 3.05) is 16.0 Å². The average Bonchev–Trinajstić information content (AvgIpc) is 2.77. The van der Waals surface area contributed by atoms with Crippen molar-refractivity contribution in [3.63, 3.8) is 0 Å². The number of benzene rings is 2. The minimum absolute atomic E-state index is 0.0878. The van der Waals surface area contributed by atoms with Crippen LogP contribution in [-0.2, 0) is 0 Å². The molecule has 0 fully saturated rings. The molecule has 10 heteroatoms. The first kappa shape index (κ1) is 20.7. The Morgan fingerprint density at radius 2 is 1.97 bits per heavy atom. The Hall–Kier alpha value is -3.01. The summed E-state index contributed by atoms with van der Waals surface area (Å²) in [5, 5.41) is 18.5. The molecule has 2 atom stereocenters. The molecule has 0 bridgehead atoms. The highest BCUT2D eigenvalue weighted by Gasteiger charge is 2.44. The highest BCUT2D eigenvalue weighted by atomic mass is 19.3. The van der Waals surface area contributed by atoms with Gasteiger partial charge in [0.25, 0.3) is 5.91 Å². The third kappa shape index (κ3) is 4.89. The summed E-state index contributed by atoms with van der Waals surface area (Å²) in [6.07, 6.45) is -9.02. The number of anilines is 3. The van der Waals surface area contributed by atoms with Crippen LogP contribution < -0.4 is 20.7 Å². The zero-order valence-corrected chi connectivity index (χ0v) is 15.3. The lowest BCUT2D eigenvalue weighted by atomic mass is 10.1. The van der Waals surface area contributed by atoms with Crippen LogP contribution in [0, 0.1) is 0 Å². The summed E-state index contributed by atoms with van der Waals surface area (Å²) in [5.74, 6) is -1.07. The van der Waals surface area contributed by atoms with Gasteiger partial charge >= 0.3 is 12.5 Å². The van der Waals surface area contributed by atoms with Crippen LogP contribution >= 0.6 is 0 Å². The van der Waals surface area contributed by atoms with Gasteiger partial charge in [0.1, 0.15) is 12.0 Å². The maximum Gasteiger partial charge on any atom is 0.461 e. The third-order valence-corrected chi connectivity index (χ3v) is 4.20. The molecule has 0 radical (unpaired) electrons. The highest BCUT2D eigenvalue weighted by molar-refractivity contribution is 6.10. The van der Waals surface area contributed by atoms with Gasteiger partial charge < -0.3 is 25.8 Å². The number of carbonyl (C=O) groups is 1. The Bertz CT molecular complexity index is 895. The van der Waals surface area contributed by atoms with Gasteiger partial charge in [-0.25, -0.2) is 0 Å². The number of rotatable bonds is 5. The van der Waals surface area contributed by atoms with Crippen LogP contribution in [0.2, 0.25) is 0 Å². The second-order valence-corrected chi connectivity index (χ2v) is 6.62. The van der Waals surface area contributed by atoms with E-state index in [0.717, 1.165) is 12.1 Å². The van der Waals surface area contributed by atoms with E-state index in [1.165, 1.54) is 12.1 Å². The van der Waals surface area contributed by atoms with E-state index in [-0.39, 0.29) is 17.3 Å². The first-order valence-electron chi connectivity index (χ1n) is 8.76. The van der Waals surface area contributed by atoms with Crippen LogP contribution in [0.25, 0.3) is 0 Å². The molecule has 0 saturated carbocycles. The molecule has 2 unspecified atom stereocenters. The van der Waals surface area contributed by atoms with E-state index in [9.17, 15) is 27.5 Å². The number of carbonyl (C=O) groups excluding carboxylic acids is 1. The predicted molar refractivity (Wildman–Crippen MR) is 99.7 cm³/mol. The standard InChI is InChI=1S/C19H19F4N3O3/c1-10-8-15(27)26-14-7-3-6-13(16(14)24-10)17(28)25-11-4-2-5-12(9-11)29-19(22,23)18(20)21/h2-7,9-10,15,18,24,26-27H,8H2,1H3,(H,25,28). The minimum atomic E-state index is -4.65. The number of aliphatic hydroxyl groups is 1. The summed E-state index contributed by atoms with van der Waals surface area (Å²) in [5.41, 5.74) is 1.35. The second kappa shape index (κ2) is 8.16. The normalized spacial score (nSPS) is 18.9. The topological polar surface area (TPSA) is 82.6 Å². The van der Waals surface area contributed by atoms with Gasteiger partial charge in [0.05, 0.1) is 16.9 Å². The number of amides is 1. The van der Waals surface area contributed by atoms with Gasteiger partial charge in [0, 0.05) is 24.2 Å². The number of ether oxygens (including phenoxy) is 1. The lowest BCUT2D eigenvalue weighted by Crippen LogP contribution is -2.33. The van der Waals surface area contributed by atoms with Crippen LogP contribution in [0.5, 0.6) is 5.75 Å². The van der Waals surface area contributed by atoms with Crippen molar-refractivity contribution < 1.29 is 32.2 Å². The summed E-state index contributed by atoms with van der Waals surface area (Å²) >= 11 is 0. The van der Waals surface area contributed by atoms with Crippen molar-refractivity contribution in [3.05, 3.63) is 48.0 Å². The second-order valence-electron chi connectivity index (χ2n) is 6.62. The monoisotopic (exact) mass is 413 g/mol. The molecule has 0 saturated heterocycles. The molecule has 2 aromatic carbocycles. The molecule has 6 nitrogen and oxygen atoms in total. The molecule has 0 aromatic heterocycles. The fourth-order valence-electron chi connectivity index (χ4n) is 2.93. The lowest BCUT2D eigenvalue weighted by molar-refractivity contribution is -0.253.